The Morgan fingerprint density at radius 2 is 1.59 bits per heavy atom. The Bertz CT molecular complexity index is 967. The first-order valence-corrected chi connectivity index (χ1v) is 13.5. The number of ether oxygens (including phenoxy) is 4. The maximum Gasteiger partial charge on any atom is 0.342 e. The smallest absolute Gasteiger partial charge is 0.342 e. The number of carbonyl (C=O) groups excluding carboxylic acids is 4. The third kappa shape index (κ3) is 11.4. The second-order valence-corrected chi connectivity index (χ2v) is 9.58. The number of nitrogens with one attached hydrogen (secondary N) is 2. The number of Topliss-reactive ketones (excluding diaryl/α,β-unsaturated/α-hetero) is 3. The number of benzene rings is 1. The van der Waals surface area contributed by atoms with Crippen molar-refractivity contribution in [3.8, 4) is 5.75 Å². The number of phenols is 1. The highest BCUT2D eigenvalue weighted by atomic mass is 16.5. The summed E-state index contributed by atoms with van der Waals surface area (Å²) in [7, 11) is 1.62. The molecule has 0 amide bonds. The molecule has 218 valence electrons. The number of fused-ring (bicyclic) bond motifs is 1. The van der Waals surface area contributed by atoms with Crippen LogP contribution in [0.3, 0.4) is 0 Å². The fourth-order valence-corrected chi connectivity index (χ4v) is 4.01. The largest absolute Gasteiger partial charge is 0.507 e. The highest BCUT2D eigenvalue weighted by Gasteiger charge is 2.27. The van der Waals surface area contributed by atoms with Crippen LogP contribution in [0, 0.1) is 5.92 Å². The van der Waals surface area contributed by atoms with Gasteiger partial charge in [0.1, 0.15) is 17.4 Å². The number of aromatic hydroxyl groups is 1. The highest BCUT2D eigenvalue weighted by molar-refractivity contribution is 6.63. The molecule has 1 aromatic carbocycles. The Hall–Kier alpha value is -2.86. The van der Waals surface area contributed by atoms with Crippen LogP contribution in [0.25, 0.3) is 0 Å². The minimum Gasteiger partial charge on any atom is -0.507 e. The third-order valence-corrected chi connectivity index (χ3v) is 6.54. The molecule has 2 rings (SSSR count). The van der Waals surface area contributed by atoms with Crippen molar-refractivity contribution in [3.63, 3.8) is 0 Å². The van der Waals surface area contributed by atoms with Crippen LogP contribution in [-0.4, -0.2) is 94.3 Å². The van der Waals surface area contributed by atoms with E-state index in [2.05, 4.69) is 10.6 Å². The van der Waals surface area contributed by atoms with Crippen molar-refractivity contribution < 1.29 is 43.2 Å². The number of phenolic OH excluding ortho intramolecular Hbond substituents is 1. The number of anilines is 1. The van der Waals surface area contributed by atoms with Crippen molar-refractivity contribution in [3.05, 3.63) is 23.3 Å². The number of carbonyl (C=O) groups is 4. The molecule has 11 heteroatoms. The molecule has 0 saturated heterocycles. The van der Waals surface area contributed by atoms with Gasteiger partial charge in [0.2, 0.25) is 11.6 Å². The molecule has 1 aliphatic rings. The van der Waals surface area contributed by atoms with Crippen LogP contribution in [0.5, 0.6) is 5.75 Å². The summed E-state index contributed by atoms with van der Waals surface area (Å²) >= 11 is 0. The van der Waals surface area contributed by atoms with Gasteiger partial charge in [0.15, 0.2) is 0 Å². The SMILES string of the molecule is COCCOCCOCCNCCNc1cc(O)c2c(c1)CCCC(=O)C(=O)C(=O)CC[C@@H](C)[C@H](C)OC2=O. The van der Waals surface area contributed by atoms with Crippen LogP contribution >= 0.6 is 0 Å². The van der Waals surface area contributed by atoms with Gasteiger partial charge in [0, 0.05) is 51.3 Å². The van der Waals surface area contributed by atoms with Gasteiger partial charge < -0.3 is 34.7 Å². The van der Waals surface area contributed by atoms with Gasteiger partial charge in [-0.15, -0.1) is 0 Å². The second-order valence-electron chi connectivity index (χ2n) is 9.58. The number of ketones is 3. The molecule has 2 atom stereocenters. The molecule has 1 heterocycles. The van der Waals surface area contributed by atoms with E-state index in [4.69, 9.17) is 18.9 Å². The number of esters is 1. The van der Waals surface area contributed by atoms with Crippen molar-refractivity contribution in [2.24, 2.45) is 5.92 Å². The van der Waals surface area contributed by atoms with Crippen molar-refractivity contribution in [2.45, 2.75) is 52.1 Å². The van der Waals surface area contributed by atoms with Crippen LogP contribution in [0.4, 0.5) is 5.69 Å². The number of hydrogen-bond donors (Lipinski definition) is 3. The van der Waals surface area contributed by atoms with E-state index in [9.17, 15) is 24.3 Å². The molecule has 0 aromatic heterocycles. The summed E-state index contributed by atoms with van der Waals surface area (Å²) in [6.07, 6.45) is 0.0480. The maximum absolute atomic E-state index is 13.0. The molecule has 0 aliphatic carbocycles. The normalized spacial score (nSPS) is 19.4. The first-order chi connectivity index (χ1) is 18.7. The average molecular weight is 551 g/mol. The molecular formula is C28H42N2O9. The lowest BCUT2D eigenvalue weighted by atomic mass is 9.94. The van der Waals surface area contributed by atoms with Gasteiger partial charge in [0.05, 0.1) is 33.0 Å². The van der Waals surface area contributed by atoms with Crippen LogP contribution in [-0.2, 0) is 39.8 Å². The average Bonchev–Trinajstić information content (AvgIpc) is 2.90. The summed E-state index contributed by atoms with van der Waals surface area (Å²) in [4.78, 5) is 49.5. The topological polar surface area (TPSA) is 149 Å². The zero-order chi connectivity index (χ0) is 28.6. The molecule has 0 unspecified atom stereocenters. The van der Waals surface area contributed by atoms with Crippen LogP contribution < -0.4 is 10.6 Å². The molecular weight excluding hydrogens is 508 g/mol. The molecule has 39 heavy (non-hydrogen) atoms. The fraction of sp³-hybridized carbons (Fsp3) is 0.643. The van der Waals surface area contributed by atoms with E-state index >= 15 is 0 Å². The molecule has 0 spiro atoms. The van der Waals surface area contributed by atoms with Crippen molar-refractivity contribution in [1.82, 2.24) is 5.32 Å². The number of methoxy groups -OCH3 is 1. The lowest BCUT2D eigenvalue weighted by Gasteiger charge is -2.22. The molecule has 0 fully saturated rings. The Kier molecular flexibility index (Phi) is 14.7. The maximum atomic E-state index is 13.0. The summed E-state index contributed by atoms with van der Waals surface area (Å²) in [6.45, 7) is 8.01. The van der Waals surface area contributed by atoms with E-state index in [-0.39, 0.29) is 42.9 Å². The Morgan fingerprint density at radius 1 is 0.897 bits per heavy atom. The molecule has 0 bridgehead atoms. The van der Waals surface area contributed by atoms with Gasteiger partial charge in [0.25, 0.3) is 5.78 Å². The predicted molar refractivity (Wildman–Crippen MR) is 144 cm³/mol. The van der Waals surface area contributed by atoms with E-state index < -0.39 is 29.4 Å². The zero-order valence-electron chi connectivity index (χ0n) is 23.2. The van der Waals surface area contributed by atoms with Crippen LogP contribution in [0.1, 0.15) is 55.5 Å². The van der Waals surface area contributed by atoms with Gasteiger partial charge in [-0.05, 0) is 43.7 Å². The summed E-state index contributed by atoms with van der Waals surface area (Å²) in [5.41, 5.74) is 1.15. The van der Waals surface area contributed by atoms with Crippen molar-refractivity contribution in [1.29, 1.82) is 0 Å². The Labute approximate surface area is 229 Å². The standard InChI is InChI=1S/C28H42N2O9/c1-19-7-8-24(32)27(34)23(31)6-4-5-21-17-22(18-25(33)26(21)28(35)39-20(19)2)30-10-9-29-11-12-37-15-16-38-14-13-36-3/h17-20,29-30,33H,4-16H2,1-3H3/t19-,20+/m1/s1. The number of cyclic esters (lactones) is 1. The van der Waals surface area contributed by atoms with E-state index in [1.54, 1.807) is 27.0 Å². The first-order valence-electron chi connectivity index (χ1n) is 13.5. The van der Waals surface area contributed by atoms with Gasteiger partial charge in [-0.2, -0.15) is 0 Å². The molecule has 11 nitrogen and oxygen atoms in total. The van der Waals surface area contributed by atoms with E-state index in [0.717, 1.165) is 0 Å². The van der Waals surface area contributed by atoms with Crippen molar-refractivity contribution >= 4 is 29.0 Å². The third-order valence-electron chi connectivity index (χ3n) is 6.54. The van der Waals surface area contributed by atoms with Crippen LogP contribution in [0.2, 0.25) is 0 Å². The summed E-state index contributed by atoms with van der Waals surface area (Å²) in [5.74, 6) is -3.52. The van der Waals surface area contributed by atoms with Gasteiger partial charge in [-0.3, -0.25) is 14.4 Å². The molecule has 1 aromatic rings. The summed E-state index contributed by atoms with van der Waals surface area (Å²) in [5, 5.41) is 17.2. The quantitative estimate of drug-likeness (QED) is 0.188. The molecule has 3 N–H and O–H groups in total. The number of rotatable bonds is 13. The van der Waals surface area contributed by atoms with E-state index in [1.165, 1.54) is 6.07 Å². The molecule has 0 saturated carbocycles. The minimum atomic E-state index is -0.976. The van der Waals surface area contributed by atoms with Gasteiger partial charge in [-0.1, -0.05) is 6.92 Å². The highest BCUT2D eigenvalue weighted by Crippen LogP contribution is 2.30. The van der Waals surface area contributed by atoms with Gasteiger partial charge in [-0.25, -0.2) is 4.79 Å². The Balaban J connectivity index is 1.94. The van der Waals surface area contributed by atoms with Crippen molar-refractivity contribution in [2.75, 3.05) is 65.1 Å². The summed E-state index contributed by atoms with van der Waals surface area (Å²) < 4.78 is 21.3. The second kappa shape index (κ2) is 17.7. The Morgan fingerprint density at radius 3 is 2.33 bits per heavy atom. The monoisotopic (exact) mass is 550 g/mol. The van der Waals surface area contributed by atoms with E-state index in [1.807, 2.05) is 0 Å². The molecule has 1 aliphatic heterocycles. The number of hydrogen-bond acceptors (Lipinski definition) is 11. The minimum absolute atomic E-state index is 0.0491. The van der Waals surface area contributed by atoms with E-state index in [0.29, 0.717) is 70.3 Å². The predicted octanol–water partition coefficient (Wildman–Crippen LogP) is 2.08. The zero-order valence-corrected chi connectivity index (χ0v) is 23.2. The summed E-state index contributed by atoms with van der Waals surface area (Å²) in [6, 6.07) is 3.21. The van der Waals surface area contributed by atoms with Gasteiger partial charge >= 0.3 is 5.97 Å². The fourth-order valence-electron chi connectivity index (χ4n) is 4.01. The van der Waals surface area contributed by atoms with Crippen LogP contribution in [0.15, 0.2) is 12.1 Å². The first kappa shape index (κ1) is 32.4. The number of aryl methyl sites for hydroxylation is 1. The lowest BCUT2D eigenvalue weighted by molar-refractivity contribution is -0.144. The lowest BCUT2D eigenvalue weighted by Crippen LogP contribution is -2.28. The molecule has 0 radical (unpaired) electrons.